The summed E-state index contributed by atoms with van der Waals surface area (Å²) in [5.74, 6) is 0.967. The molecule has 3 rings (SSSR count). The molecular formula is C16H29NO. The summed E-state index contributed by atoms with van der Waals surface area (Å²) in [5.41, 5.74) is 0.522. The molecule has 0 bridgehead atoms. The number of hydrogen-bond donors (Lipinski definition) is 1. The number of nitrogens with one attached hydrogen (secondary N) is 1. The minimum absolute atomic E-state index is 0.522. The van der Waals surface area contributed by atoms with Crippen LogP contribution in [0.5, 0.6) is 0 Å². The third-order valence-electron chi connectivity index (χ3n) is 5.81. The summed E-state index contributed by atoms with van der Waals surface area (Å²) in [6.07, 6.45) is 13.3. The molecule has 0 amide bonds. The van der Waals surface area contributed by atoms with Gasteiger partial charge in [0.15, 0.2) is 0 Å². The van der Waals surface area contributed by atoms with Crippen molar-refractivity contribution < 1.29 is 4.74 Å². The van der Waals surface area contributed by atoms with E-state index >= 15 is 0 Å². The van der Waals surface area contributed by atoms with Crippen LogP contribution in [-0.4, -0.2) is 25.3 Å². The van der Waals surface area contributed by atoms with Gasteiger partial charge in [0.25, 0.3) is 0 Å². The molecule has 0 radical (unpaired) electrons. The highest BCUT2D eigenvalue weighted by Gasteiger charge is 2.56. The van der Waals surface area contributed by atoms with E-state index in [0.29, 0.717) is 11.5 Å². The van der Waals surface area contributed by atoms with Crippen molar-refractivity contribution in [2.75, 3.05) is 13.2 Å². The van der Waals surface area contributed by atoms with E-state index in [1.54, 1.807) is 0 Å². The highest BCUT2D eigenvalue weighted by atomic mass is 16.5. The molecule has 0 aromatic carbocycles. The predicted octanol–water partition coefficient (Wildman–Crippen LogP) is 3.50. The van der Waals surface area contributed by atoms with Gasteiger partial charge in [-0.2, -0.15) is 0 Å². The first-order valence-electron chi connectivity index (χ1n) is 8.20. The van der Waals surface area contributed by atoms with Gasteiger partial charge in [-0.3, -0.25) is 0 Å². The zero-order chi connectivity index (χ0) is 12.4. The Morgan fingerprint density at radius 2 is 1.83 bits per heavy atom. The van der Waals surface area contributed by atoms with E-state index in [1.165, 1.54) is 64.3 Å². The van der Waals surface area contributed by atoms with E-state index in [0.717, 1.165) is 18.6 Å². The van der Waals surface area contributed by atoms with Gasteiger partial charge in [0.05, 0.1) is 6.10 Å². The first kappa shape index (κ1) is 12.9. The Balaban J connectivity index is 1.52. The highest BCUT2D eigenvalue weighted by molar-refractivity contribution is 5.10. The Morgan fingerprint density at radius 3 is 2.50 bits per heavy atom. The molecule has 0 heterocycles. The SMILES string of the molecule is CCOC1CC(NCC2CCCC2)C12CCCC2. The average molecular weight is 251 g/mol. The Kier molecular flexibility index (Phi) is 3.95. The Labute approximate surface area is 112 Å². The zero-order valence-corrected chi connectivity index (χ0v) is 11.9. The van der Waals surface area contributed by atoms with Gasteiger partial charge in [0.1, 0.15) is 0 Å². The van der Waals surface area contributed by atoms with E-state index in [9.17, 15) is 0 Å². The van der Waals surface area contributed by atoms with Crippen LogP contribution in [0.25, 0.3) is 0 Å². The number of rotatable bonds is 5. The van der Waals surface area contributed by atoms with Crippen LogP contribution in [0.15, 0.2) is 0 Å². The second-order valence-corrected chi connectivity index (χ2v) is 6.73. The fourth-order valence-corrected chi connectivity index (χ4v) is 4.70. The summed E-state index contributed by atoms with van der Waals surface area (Å²) in [7, 11) is 0. The molecule has 3 fully saturated rings. The monoisotopic (exact) mass is 251 g/mol. The van der Waals surface area contributed by atoms with E-state index in [4.69, 9.17) is 4.74 Å². The van der Waals surface area contributed by atoms with Crippen LogP contribution in [-0.2, 0) is 4.74 Å². The van der Waals surface area contributed by atoms with Crippen molar-refractivity contribution in [2.24, 2.45) is 11.3 Å². The lowest BCUT2D eigenvalue weighted by atomic mass is 9.60. The Hall–Kier alpha value is -0.0800. The highest BCUT2D eigenvalue weighted by Crippen LogP contribution is 2.54. The fourth-order valence-electron chi connectivity index (χ4n) is 4.70. The number of hydrogen-bond acceptors (Lipinski definition) is 2. The second-order valence-electron chi connectivity index (χ2n) is 6.73. The van der Waals surface area contributed by atoms with Crippen molar-refractivity contribution in [1.82, 2.24) is 5.32 Å². The number of ether oxygens (including phenoxy) is 1. The molecule has 1 spiro atoms. The summed E-state index contributed by atoms with van der Waals surface area (Å²) in [6, 6.07) is 0.761. The maximum Gasteiger partial charge on any atom is 0.0661 e. The molecule has 2 nitrogen and oxygen atoms in total. The summed E-state index contributed by atoms with van der Waals surface area (Å²) in [6.45, 7) is 4.30. The molecule has 0 aromatic heterocycles. The van der Waals surface area contributed by atoms with Crippen molar-refractivity contribution in [3.8, 4) is 0 Å². The largest absolute Gasteiger partial charge is 0.378 e. The summed E-state index contributed by atoms with van der Waals surface area (Å²) in [4.78, 5) is 0. The van der Waals surface area contributed by atoms with Gasteiger partial charge in [-0.05, 0) is 51.5 Å². The van der Waals surface area contributed by atoms with Gasteiger partial charge in [0, 0.05) is 18.1 Å². The van der Waals surface area contributed by atoms with Crippen molar-refractivity contribution in [3.63, 3.8) is 0 Å². The van der Waals surface area contributed by atoms with E-state index in [2.05, 4.69) is 12.2 Å². The lowest BCUT2D eigenvalue weighted by molar-refractivity contribution is -0.130. The predicted molar refractivity (Wildman–Crippen MR) is 74.7 cm³/mol. The molecule has 3 aliphatic carbocycles. The van der Waals surface area contributed by atoms with Crippen LogP contribution in [0.4, 0.5) is 0 Å². The van der Waals surface area contributed by atoms with Crippen molar-refractivity contribution in [2.45, 2.75) is 76.9 Å². The quantitative estimate of drug-likeness (QED) is 0.807. The molecule has 2 heteroatoms. The molecule has 104 valence electrons. The van der Waals surface area contributed by atoms with Crippen LogP contribution < -0.4 is 5.32 Å². The van der Waals surface area contributed by atoms with Gasteiger partial charge in [-0.15, -0.1) is 0 Å². The third-order valence-corrected chi connectivity index (χ3v) is 5.81. The minimum Gasteiger partial charge on any atom is -0.378 e. The topological polar surface area (TPSA) is 21.3 Å². The van der Waals surface area contributed by atoms with Gasteiger partial charge >= 0.3 is 0 Å². The van der Waals surface area contributed by atoms with E-state index < -0.39 is 0 Å². The maximum atomic E-state index is 5.98. The molecule has 3 saturated carbocycles. The lowest BCUT2D eigenvalue weighted by Gasteiger charge is -2.54. The molecule has 0 aromatic rings. The molecule has 18 heavy (non-hydrogen) atoms. The molecule has 3 aliphatic rings. The molecule has 0 aliphatic heterocycles. The molecule has 2 unspecified atom stereocenters. The van der Waals surface area contributed by atoms with Crippen LogP contribution in [0.2, 0.25) is 0 Å². The summed E-state index contributed by atoms with van der Waals surface area (Å²) in [5, 5.41) is 3.90. The first-order valence-corrected chi connectivity index (χ1v) is 8.20. The summed E-state index contributed by atoms with van der Waals surface area (Å²) < 4.78 is 5.98. The van der Waals surface area contributed by atoms with Crippen LogP contribution in [0, 0.1) is 11.3 Å². The first-order chi connectivity index (χ1) is 8.85. The fraction of sp³-hybridized carbons (Fsp3) is 1.00. The van der Waals surface area contributed by atoms with Crippen LogP contribution in [0.1, 0.15) is 64.7 Å². The van der Waals surface area contributed by atoms with Gasteiger partial charge < -0.3 is 10.1 Å². The van der Waals surface area contributed by atoms with E-state index in [1.807, 2.05) is 0 Å². The third kappa shape index (κ3) is 2.22. The van der Waals surface area contributed by atoms with E-state index in [-0.39, 0.29) is 0 Å². The van der Waals surface area contributed by atoms with Gasteiger partial charge in [-0.25, -0.2) is 0 Å². The lowest BCUT2D eigenvalue weighted by Crippen LogP contribution is -2.63. The van der Waals surface area contributed by atoms with Crippen LogP contribution >= 0.6 is 0 Å². The molecular weight excluding hydrogens is 222 g/mol. The molecule has 2 atom stereocenters. The van der Waals surface area contributed by atoms with Crippen molar-refractivity contribution in [3.05, 3.63) is 0 Å². The van der Waals surface area contributed by atoms with Crippen LogP contribution in [0.3, 0.4) is 0 Å². The standard InChI is InChI=1S/C16H29NO/c1-2-18-15-11-14(16(15)9-5-6-10-16)17-12-13-7-3-4-8-13/h13-15,17H,2-12H2,1H3. The Morgan fingerprint density at radius 1 is 1.11 bits per heavy atom. The van der Waals surface area contributed by atoms with Gasteiger partial charge in [0.2, 0.25) is 0 Å². The molecule has 0 saturated heterocycles. The average Bonchev–Trinajstić information content (AvgIpc) is 3.03. The van der Waals surface area contributed by atoms with Crippen molar-refractivity contribution >= 4 is 0 Å². The van der Waals surface area contributed by atoms with Crippen molar-refractivity contribution in [1.29, 1.82) is 0 Å². The maximum absolute atomic E-state index is 5.98. The minimum atomic E-state index is 0.522. The second kappa shape index (κ2) is 5.50. The van der Waals surface area contributed by atoms with Gasteiger partial charge in [-0.1, -0.05) is 25.7 Å². The Bertz CT molecular complexity index is 266. The normalized spacial score (nSPS) is 35.2. The zero-order valence-electron chi connectivity index (χ0n) is 11.9. The smallest absolute Gasteiger partial charge is 0.0661 e. The molecule has 1 N–H and O–H groups in total. The summed E-state index contributed by atoms with van der Waals surface area (Å²) >= 11 is 0.